The van der Waals surface area contributed by atoms with Gasteiger partial charge in [-0.05, 0) is 91.3 Å². The van der Waals surface area contributed by atoms with Crippen LogP contribution in [0, 0.1) is 41.0 Å². The zero-order valence-corrected chi connectivity index (χ0v) is 26.8. The van der Waals surface area contributed by atoms with E-state index in [9.17, 15) is 22.7 Å². The molecule has 0 unspecified atom stereocenters. The van der Waals surface area contributed by atoms with Crippen molar-refractivity contribution < 1.29 is 41.6 Å². The van der Waals surface area contributed by atoms with E-state index in [4.69, 9.17) is 18.9 Å². The standard InChI is InChI=1S/C19H22F2O2.C18H20F2O3/c1-13(2)15(10-14-4-7-17(22-3)8-5-14)12-23-19-9-6-16(20)11-18(19)21;1-12(21)14(9-13-3-6-16(22-2)7-4-13)11-23-18-8-5-15(19)10-17(18)20/h4-9,11,13,15H,10,12H2,1-3H3;3-8,10,12,14,21H,9,11H2,1-2H3/t15-;12-,14+/m10/s1. The lowest BCUT2D eigenvalue weighted by Crippen LogP contribution is -2.26. The molecule has 0 amide bonds. The quantitative estimate of drug-likeness (QED) is 0.140. The molecule has 0 heterocycles. The molecule has 0 aliphatic carbocycles. The minimum Gasteiger partial charge on any atom is -0.497 e. The Morgan fingerprint density at radius 3 is 1.30 bits per heavy atom. The summed E-state index contributed by atoms with van der Waals surface area (Å²) in [5, 5.41) is 9.91. The molecule has 0 fully saturated rings. The summed E-state index contributed by atoms with van der Waals surface area (Å²) >= 11 is 0. The van der Waals surface area contributed by atoms with E-state index in [1.165, 1.54) is 23.8 Å². The first-order chi connectivity index (χ1) is 22.0. The second kappa shape index (κ2) is 18.0. The summed E-state index contributed by atoms with van der Waals surface area (Å²) in [4.78, 5) is 0. The van der Waals surface area contributed by atoms with E-state index in [2.05, 4.69) is 13.8 Å². The molecular formula is C37H42F4O5. The van der Waals surface area contributed by atoms with Crippen molar-refractivity contribution in [2.75, 3.05) is 27.4 Å². The van der Waals surface area contributed by atoms with Crippen LogP contribution in [-0.4, -0.2) is 38.6 Å². The van der Waals surface area contributed by atoms with Gasteiger partial charge in [-0.2, -0.15) is 0 Å². The van der Waals surface area contributed by atoms with Crippen LogP contribution < -0.4 is 18.9 Å². The largest absolute Gasteiger partial charge is 0.497 e. The van der Waals surface area contributed by atoms with Crippen LogP contribution in [0.5, 0.6) is 23.0 Å². The van der Waals surface area contributed by atoms with Gasteiger partial charge < -0.3 is 24.1 Å². The minimum atomic E-state index is -0.751. The molecule has 0 aromatic heterocycles. The Bertz CT molecular complexity index is 1360. The van der Waals surface area contributed by atoms with Crippen molar-refractivity contribution in [3.8, 4) is 23.0 Å². The predicted molar refractivity (Wildman–Crippen MR) is 171 cm³/mol. The molecule has 4 aromatic carbocycles. The van der Waals surface area contributed by atoms with E-state index in [0.29, 0.717) is 18.9 Å². The fraction of sp³-hybridized carbons (Fsp3) is 0.351. The number of aliphatic hydroxyl groups excluding tert-OH is 1. The summed E-state index contributed by atoms with van der Waals surface area (Å²) < 4.78 is 74.2. The van der Waals surface area contributed by atoms with E-state index < -0.39 is 29.4 Å². The van der Waals surface area contributed by atoms with Gasteiger partial charge in [-0.3, -0.25) is 0 Å². The lowest BCUT2D eigenvalue weighted by atomic mass is 9.90. The van der Waals surface area contributed by atoms with Crippen LogP contribution in [0.4, 0.5) is 17.6 Å². The number of benzene rings is 4. The Balaban J connectivity index is 0.000000250. The molecule has 248 valence electrons. The second-order valence-electron chi connectivity index (χ2n) is 11.4. The van der Waals surface area contributed by atoms with Gasteiger partial charge in [0.25, 0.3) is 0 Å². The number of hydrogen-bond acceptors (Lipinski definition) is 5. The third-order valence-electron chi connectivity index (χ3n) is 7.63. The average Bonchev–Trinajstić information content (AvgIpc) is 3.03. The third kappa shape index (κ3) is 11.6. The Morgan fingerprint density at radius 2 is 0.957 bits per heavy atom. The molecule has 4 rings (SSSR count). The fourth-order valence-electron chi connectivity index (χ4n) is 4.56. The zero-order valence-electron chi connectivity index (χ0n) is 26.8. The molecule has 0 spiro atoms. The molecule has 0 radical (unpaired) electrons. The maximum atomic E-state index is 13.6. The summed E-state index contributed by atoms with van der Waals surface area (Å²) in [6.45, 7) is 6.40. The highest BCUT2D eigenvalue weighted by atomic mass is 19.1. The highest BCUT2D eigenvalue weighted by Crippen LogP contribution is 2.24. The van der Waals surface area contributed by atoms with E-state index in [1.807, 2.05) is 48.5 Å². The molecule has 0 saturated carbocycles. The van der Waals surface area contributed by atoms with Gasteiger partial charge in [0, 0.05) is 18.1 Å². The van der Waals surface area contributed by atoms with Crippen LogP contribution in [0.25, 0.3) is 0 Å². The van der Waals surface area contributed by atoms with Gasteiger partial charge in [0.1, 0.15) is 23.1 Å². The molecule has 0 saturated heterocycles. The molecule has 3 atom stereocenters. The second-order valence-corrected chi connectivity index (χ2v) is 11.4. The van der Waals surface area contributed by atoms with Crippen LogP contribution >= 0.6 is 0 Å². The van der Waals surface area contributed by atoms with Crippen LogP contribution in [0.3, 0.4) is 0 Å². The normalized spacial score (nSPS) is 12.8. The number of aliphatic hydroxyl groups is 1. The van der Waals surface area contributed by atoms with E-state index in [-0.39, 0.29) is 29.9 Å². The van der Waals surface area contributed by atoms with Gasteiger partial charge in [0.2, 0.25) is 0 Å². The topological polar surface area (TPSA) is 57.2 Å². The summed E-state index contributed by atoms with van der Waals surface area (Å²) in [6, 6.07) is 21.9. The van der Waals surface area contributed by atoms with Gasteiger partial charge in [-0.15, -0.1) is 0 Å². The van der Waals surface area contributed by atoms with Gasteiger partial charge in [-0.25, -0.2) is 17.6 Å². The van der Waals surface area contributed by atoms with Crippen molar-refractivity contribution >= 4 is 0 Å². The Morgan fingerprint density at radius 1 is 0.565 bits per heavy atom. The molecule has 1 N–H and O–H groups in total. The number of ether oxygens (including phenoxy) is 4. The SMILES string of the molecule is COc1ccc(C[C@H](COc2ccc(F)cc2F)C(C)C)cc1.COc1ccc(C[C@H](COc2ccc(F)cc2F)[C@H](C)O)cc1. The average molecular weight is 643 g/mol. The Kier molecular flexibility index (Phi) is 14.2. The first-order valence-electron chi connectivity index (χ1n) is 15.1. The smallest absolute Gasteiger partial charge is 0.167 e. The van der Waals surface area contributed by atoms with Crippen molar-refractivity contribution in [2.45, 2.75) is 39.7 Å². The summed E-state index contributed by atoms with van der Waals surface area (Å²) in [5.41, 5.74) is 2.19. The van der Waals surface area contributed by atoms with E-state index >= 15 is 0 Å². The van der Waals surface area contributed by atoms with Gasteiger partial charge in [-0.1, -0.05) is 38.1 Å². The van der Waals surface area contributed by atoms with Crippen molar-refractivity contribution in [3.05, 3.63) is 119 Å². The lowest BCUT2D eigenvalue weighted by Gasteiger charge is -2.21. The maximum Gasteiger partial charge on any atom is 0.167 e. The molecular weight excluding hydrogens is 600 g/mol. The Labute approximate surface area is 268 Å². The molecule has 9 heteroatoms. The zero-order chi connectivity index (χ0) is 33.6. The van der Waals surface area contributed by atoms with Crippen LogP contribution in [0.15, 0.2) is 84.9 Å². The highest BCUT2D eigenvalue weighted by Gasteiger charge is 2.19. The molecule has 4 aromatic rings. The first-order valence-corrected chi connectivity index (χ1v) is 15.1. The predicted octanol–water partition coefficient (Wildman–Crippen LogP) is 8.46. The van der Waals surface area contributed by atoms with Crippen molar-refractivity contribution in [1.29, 1.82) is 0 Å². The number of hydrogen-bond donors (Lipinski definition) is 1. The summed E-state index contributed by atoms with van der Waals surface area (Å²) in [6.07, 6.45) is 0.773. The fourth-order valence-corrected chi connectivity index (χ4v) is 4.56. The van der Waals surface area contributed by atoms with Gasteiger partial charge in [0.15, 0.2) is 23.1 Å². The molecule has 0 aliphatic heterocycles. The van der Waals surface area contributed by atoms with Gasteiger partial charge in [0.05, 0.1) is 33.5 Å². The van der Waals surface area contributed by atoms with Crippen LogP contribution in [-0.2, 0) is 12.8 Å². The number of rotatable bonds is 14. The summed E-state index contributed by atoms with van der Waals surface area (Å²) in [5.74, 6) is -0.643. The first kappa shape index (κ1) is 36.2. The van der Waals surface area contributed by atoms with Crippen molar-refractivity contribution in [3.63, 3.8) is 0 Å². The molecule has 5 nitrogen and oxygen atoms in total. The van der Waals surface area contributed by atoms with Crippen LogP contribution in [0.1, 0.15) is 31.9 Å². The maximum absolute atomic E-state index is 13.6. The molecule has 46 heavy (non-hydrogen) atoms. The Hall–Kier alpha value is -4.24. The van der Waals surface area contributed by atoms with E-state index in [1.54, 1.807) is 21.1 Å². The van der Waals surface area contributed by atoms with Crippen molar-refractivity contribution in [1.82, 2.24) is 0 Å². The number of halogens is 4. The minimum absolute atomic E-state index is 0.0215. The number of methoxy groups -OCH3 is 2. The third-order valence-corrected chi connectivity index (χ3v) is 7.63. The van der Waals surface area contributed by atoms with E-state index in [0.717, 1.165) is 41.7 Å². The van der Waals surface area contributed by atoms with Gasteiger partial charge >= 0.3 is 0 Å². The lowest BCUT2D eigenvalue weighted by molar-refractivity contribution is 0.0874. The summed E-state index contributed by atoms with van der Waals surface area (Å²) in [7, 11) is 3.23. The highest BCUT2D eigenvalue weighted by molar-refractivity contribution is 5.29. The monoisotopic (exact) mass is 642 g/mol. The van der Waals surface area contributed by atoms with Crippen LogP contribution in [0.2, 0.25) is 0 Å². The van der Waals surface area contributed by atoms with Crippen molar-refractivity contribution in [2.24, 2.45) is 17.8 Å². The molecule has 0 bridgehead atoms. The molecule has 0 aliphatic rings.